The third kappa shape index (κ3) is 12.0. The topological polar surface area (TPSA) is 71.3 Å². The van der Waals surface area contributed by atoms with E-state index in [9.17, 15) is 0 Å². The van der Waals surface area contributed by atoms with Crippen LogP contribution in [0.2, 0.25) is 0 Å². The predicted octanol–water partition coefficient (Wildman–Crippen LogP) is 29.0. The van der Waals surface area contributed by atoms with Crippen molar-refractivity contribution in [1.82, 2.24) is 38.2 Å². The molecular formula is C112H72N8. The molecule has 560 valence electrons. The first kappa shape index (κ1) is 69.4. The van der Waals surface area contributed by atoms with Crippen LogP contribution in [0.5, 0.6) is 0 Å². The van der Waals surface area contributed by atoms with Gasteiger partial charge in [-0.25, -0.2) is 19.9 Å². The molecule has 24 rings (SSSR count). The SMILES string of the molecule is c1ccc(-c2cccc(-n3c4ccccc4c4cc5c6ccccc6n(-c6cc(-c7nc(-c8ccccc8)cc(-c8ccccc8)n7)c7ccccc7c6)c5cc43)c2)cc1.c1ccc(-c2cccc(-n3c4ccccc4c4cc5c6ccccc6n(-c6ccc7c(-c8nc(-c9ccccc9)cc(-c9ccccc9)n8)cccc7c6)c5cc43)c2)cc1. The third-order valence-electron chi connectivity index (χ3n) is 23.8. The van der Waals surface area contributed by atoms with Gasteiger partial charge in [-0.3, -0.25) is 0 Å². The van der Waals surface area contributed by atoms with Crippen molar-refractivity contribution in [2.45, 2.75) is 0 Å². The van der Waals surface area contributed by atoms with Gasteiger partial charge in [0, 0.05) is 99.2 Å². The van der Waals surface area contributed by atoms with Crippen LogP contribution in [0.25, 0.3) is 222 Å². The van der Waals surface area contributed by atoms with E-state index in [1.807, 2.05) is 24.3 Å². The van der Waals surface area contributed by atoms with Crippen molar-refractivity contribution in [2.75, 3.05) is 0 Å². The molecule has 6 aromatic heterocycles. The van der Waals surface area contributed by atoms with Crippen LogP contribution >= 0.6 is 0 Å². The molecule has 24 aromatic rings. The Morgan fingerprint density at radius 1 is 0.142 bits per heavy atom. The molecule has 8 nitrogen and oxygen atoms in total. The Kier molecular flexibility index (Phi) is 16.7. The van der Waals surface area contributed by atoms with Gasteiger partial charge in [0.2, 0.25) is 0 Å². The van der Waals surface area contributed by atoms with Crippen molar-refractivity contribution in [3.8, 4) is 113 Å². The van der Waals surface area contributed by atoms with Gasteiger partial charge in [0.15, 0.2) is 11.6 Å². The highest BCUT2D eigenvalue weighted by Crippen LogP contribution is 2.45. The smallest absolute Gasteiger partial charge is 0.161 e. The van der Waals surface area contributed by atoms with Crippen LogP contribution < -0.4 is 0 Å². The molecule has 0 unspecified atom stereocenters. The summed E-state index contributed by atoms with van der Waals surface area (Å²) in [5.74, 6) is 1.40. The second-order valence-electron chi connectivity index (χ2n) is 30.8. The second-order valence-corrected chi connectivity index (χ2v) is 30.8. The maximum Gasteiger partial charge on any atom is 0.161 e. The summed E-state index contributed by atoms with van der Waals surface area (Å²) in [6, 6.07) is 156. The van der Waals surface area contributed by atoms with Crippen molar-refractivity contribution in [2.24, 2.45) is 0 Å². The maximum absolute atomic E-state index is 5.31. The normalized spacial score (nSPS) is 11.7. The summed E-state index contributed by atoms with van der Waals surface area (Å²) >= 11 is 0. The molecule has 0 saturated heterocycles. The van der Waals surface area contributed by atoms with Crippen LogP contribution in [0.3, 0.4) is 0 Å². The summed E-state index contributed by atoms with van der Waals surface area (Å²) in [4.78, 5) is 21.0. The first-order valence-corrected chi connectivity index (χ1v) is 40.8. The Bertz CT molecular complexity index is 8000. The lowest BCUT2D eigenvalue weighted by atomic mass is 10.0. The Morgan fingerprint density at radius 3 is 0.817 bits per heavy atom. The number of rotatable bonds is 12. The van der Waals surface area contributed by atoms with Crippen molar-refractivity contribution < 1.29 is 0 Å². The Balaban J connectivity index is 0.000000140. The molecule has 18 aromatic carbocycles. The van der Waals surface area contributed by atoms with E-state index >= 15 is 0 Å². The molecule has 0 aliphatic heterocycles. The van der Waals surface area contributed by atoms with Crippen LogP contribution in [-0.4, -0.2) is 38.2 Å². The Labute approximate surface area is 692 Å². The van der Waals surface area contributed by atoms with Gasteiger partial charge in [0.1, 0.15) is 0 Å². The number of aromatic nitrogens is 8. The Hall–Kier alpha value is -16.2. The lowest BCUT2D eigenvalue weighted by Gasteiger charge is -2.15. The minimum absolute atomic E-state index is 0.690. The van der Waals surface area contributed by atoms with E-state index in [4.69, 9.17) is 19.9 Å². The molecule has 0 spiro atoms. The average molecular weight is 1530 g/mol. The maximum atomic E-state index is 5.31. The van der Waals surface area contributed by atoms with Gasteiger partial charge in [-0.1, -0.05) is 328 Å². The predicted molar refractivity (Wildman–Crippen MR) is 500 cm³/mol. The molecule has 0 N–H and O–H groups in total. The zero-order chi connectivity index (χ0) is 79.1. The van der Waals surface area contributed by atoms with Crippen LogP contribution in [0.15, 0.2) is 437 Å². The van der Waals surface area contributed by atoms with Gasteiger partial charge >= 0.3 is 0 Å². The standard InChI is InChI=1S/2C56H36N4/c1-4-16-37(17-5-1)40-22-14-24-42(32-40)59-52-28-12-10-25-45(52)48-34-49-46-26-11-13-29-53(46)60(55(49)36-54(48)59)43-30-31-44-41(33-43)23-15-27-47(44)56-57-50(38-18-6-2-7-19-38)35-51(58-56)39-20-8-3-9-21-39;1-4-17-37(18-5-1)40-24-16-25-42(31-40)59-52-29-14-12-27-45(52)47-34-48-46-28-13-15-30-53(46)60(55(48)36-54(47)59)43-32-41-23-10-11-26-44(41)49(33-43)56-57-50(38-19-6-2-7-20-38)35-51(58-56)39-21-8-3-9-22-39/h2*1-36H. The number of hydrogen-bond donors (Lipinski definition) is 0. The zero-order valence-electron chi connectivity index (χ0n) is 65.1. The van der Waals surface area contributed by atoms with Gasteiger partial charge < -0.3 is 18.3 Å². The molecule has 0 saturated carbocycles. The minimum Gasteiger partial charge on any atom is -0.309 e. The Morgan fingerprint density at radius 2 is 0.425 bits per heavy atom. The van der Waals surface area contributed by atoms with E-state index in [-0.39, 0.29) is 0 Å². The molecular weight excluding hydrogens is 1460 g/mol. The van der Waals surface area contributed by atoms with Crippen molar-refractivity contribution in [3.63, 3.8) is 0 Å². The molecule has 0 amide bonds. The molecule has 0 atom stereocenters. The van der Waals surface area contributed by atoms with E-state index in [0.717, 1.165) is 123 Å². The zero-order valence-corrected chi connectivity index (χ0v) is 65.1. The number of benzene rings is 18. The van der Waals surface area contributed by atoms with E-state index in [1.54, 1.807) is 0 Å². The molecule has 6 heterocycles. The first-order valence-electron chi connectivity index (χ1n) is 40.8. The van der Waals surface area contributed by atoms with E-state index in [0.29, 0.717) is 11.6 Å². The third-order valence-corrected chi connectivity index (χ3v) is 23.8. The second kappa shape index (κ2) is 29.0. The molecule has 0 aliphatic carbocycles. The van der Waals surface area contributed by atoms with Crippen molar-refractivity contribution in [1.29, 1.82) is 0 Å². The average Bonchev–Trinajstić information content (AvgIpc) is 1.57. The summed E-state index contributed by atoms with van der Waals surface area (Å²) in [5, 5.41) is 14.3. The van der Waals surface area contributed by atoms with E-state index in [1.165, 1.54) is 87.4 Å². The van der Waals surface area contributed by atoms with Gasteiger partial charge in [0.05, 0.1) is 66.9 Å². The molecule has 0 aliphatic rings. The summed E-state index contributed by atoms with van der Waals surface area (Å²) in [6.07, 6.45) is 0. The number of hydrogen-bond acceptors (Lipinski definition) is 4. The quantitative estimate of drug-likeness (QED) is 0.122. The highest BCUT2D eigenvalue weighted by Gasteiger charge is 2.25. The number of fused-ring (bicyclic) bond motifs is 14. The lowest BCUT2D eigenvalue weighted by Crippen LogP contribution is -2.00. The highest BCUT2D eigenvalue weighted by molar-refractivity contribution is 6.21. The molecule has 0 radical (unpaired) electrons. The summed E-state index contributed by atoms with van der Waals surface area (Å²) < 4.78 is 9.72. The van der Waals surface area contributed by atoms with Crippen molar-refractivity contribution in [3.05, 3.63) is 437 Å². The monoisotopic (exact) mass is 1530 g/mol. The highest BCUT2D eigenvalue weighted by atomic mass is 15.0. The van der Waals surface area contributed by atoms with Gasteiger partial charge in [-0.2, -0.15) is 0 Å². The fourth-order valence-electron chi connectivity index (χ4n) is 18.3. The van der Waals surface area contributed by atoms with Gasteiger partial charge in [-0.15, -0.1) is 0 Å². The van der Waals surface area contributed by atoms with Crippen LogP contribution in [0, 0.1) is 0 Å². The van der Waals surface area contributed by atoms with Crippen LogP contribution in [-0.2, 0) is 0 Å². The lowest BCUT2D eigenvalue weighted by molar-refractivity contribution is 1.16. The van der Waals surface area contributed by atoms with Gasteiger partial charge in [-0.05, 0) is 153 Å². The molecule has 120 heavy (non-hydrogen) atoms. The summed E-state index contributed by atoms with van der Waals surface area (Å²) in [7, 11) is 0. The van der Waals surface area contributed by atoms with Gasteiger partial charge in [0.25, 0.3) is 0 Å². The minimum atomic E-state index is 0.690. The molecule has 0 fully saturated rings. The number of nitrogens with zero attached hydrogens (tertiary/aromatic N) is 8. The molecule has 0 bridgehead atoms. The van der Waals surface area contributed by atoms with E-state index in [2.05, 4.69) is 431 Å². The van der Waals surface area contributed by atoms with Crippen molar-refractivity contribution >= 4 is 109 Å². The summed E-state index contributed by atoms with van der Waals surface area (Å²) in [6.45, 7) is 0. The van der Waals surface area contributed by atoms with Crippen LogP contribution in [0.4, 0.5) is 0 Å². The fraction of sp³-hybridized carbons (Fsp3) is 0. The summed E-state index contributed by atoms with van der Waals surface area (Å²) in [5.41, 5.74) is 28.3. The largest absolute Gasteiger partial charge is 0.309 e. The van der Waals surface area contributed by atoms with E-state index < -0.39 is 0 Å². The van der Waals surface area contributed by atoms with Crippen LogP contribution in [0.1, 0.15) is 0 Å². The number of para-hydroxylation sites is 4. The first-order chi connectivity index (χ1) is 59.5. The fourth-order valence-corrected chi connectivity index (χ4v) is 18.3. The molecule has 8 heteroatoms.